The molecule has 0 unspecified atom stereocenters. The van der Waals surface area contributed by atoms with Gasteiger partial charge in [-0.05, 0) is 31.2 Å². The van der Waals surface area contributed by atoms with Crippen molar-refractivity contribution >= 4 is 16.8 Å². The van der Waals surface area contributed by atoms with E-state index in [2.05, 4.69) is 15.5 Å². The molecule has 0 aliphatic carbocycles. The number of H-pyrrole nitrogens is 1. The monoisotopic (exact) mass is 325 g/mol. The summed E-state index contributed by atoms with van der Waals surface area (Å²) in [7, 11) is 3.19. The van der Waals surface area contributed by atoms with Gasteiger partial charge in [0, 0.05) is 23.6 Å². The third kappa shape index (κ3) is 3.03. The summed E-state index contributed by atoms with van der Waals surface area (Å²) in [6.07, 6.45) is 0. The molecular formula is C18H19N3O3. The van der Waals surface area contributed by atoms with Gasteiger partial charge in [0.05, 0.1) is 19.7 Å². The van der Waals surface area contributed by atoms with Crippen LogP contribution in [0.5, 0.6) is 11.5 Å². The van der Waals surface area contributed by atoms with Crippen molar-refractivity contribution in [2.24, 2.45) is 0 Å². The maximum Gasteiger partial charge on any atom is 0.272 e. The molecule has 3 rings (SSSR count). The van der Waals surface area contributed by atoms with Gasteiger partial charge in [-0.1, -0.05) is 11.6 Å². The van der Waals surface area contributed by atoms with Crippen LogP contribution >= 0.6 is 0 Å². The van der Waals surface area contributed by atoms with Gasteiger partial charge in [-0.25, -0.2) is 0 Å². The van der Waals surface area contributed by atoms with Gasteiger partial charge < -0.3 is 14.8 Å². The van der Waals surface area contributed by atoms with E-state index >= 15 is 0 Å². The van der Waals surface area contributed by atoms with Crippen molar-refractivity contribution in [1.82, 2.24) is 15.5 Å². The topological polar surface area (TPSA) is 76.2 Å². The standard InChI is InChI=1S/C18H19N3O3/c1-11-4-7-15-14(8-11)17(21-20-15)18(22)19-10-12-5-6-13(23-2)9-16(12)24-3/h4-9H,10H2,1-3H3,(H,19,22)(H,20,21). The Morgan fingerprint density at radius 1 is 1.17 bits per heavy atom. The van der Waals surface area contributed by atoms with Crippen molar-refractivity contribution in [2.45, 2.75) is 13.5 Å². The lowest BCUT2D eigenvalue weighted by molar-refractivity contribution is 0.0947. The van der Waals surface area contributed by atoms with Gasteiger partial charge in [-0.2, -0.15) is 5.10 Å². The number of amides is 1. The van der Waals surface area contributed by atoms with Crippen molar-refractivity contribution in [2.75, 3.05) is 14.2 Å². The van der Waals surface area contributed by atoms with E-state index in [9.17, 15) is 4.79 Å². The molecule has 24 heavy (non-hydrogen) atoms. The smallest absolute Gasteiger partial charge is 0.272 e. The number of ether oxygens (including phenoxy) is 2. The number of aromatic nitrogens is 2. The van der Waals surface area contributed by atoms with Crippen LogP contribution in [0, 0.1) is 6.92 Å². The minimum Gasteiger partial charge on any atom is -0.497 e. The van der Waals surface area contributed by atoms with Gasteiger partial charge in [-0.15, -0.1) is 0 Å². The Labute approximate surface area is 139 Å². The number of carbonyl (C=O) groups is 1. The first-order chi connectivity index (χ1) is 11.6. The lowest BCUT2D eigenvalue weighted by Crippen LogP contribution is -2.23. The largest absolute Gasteiger partial charge is 0.497 e. The Morgan fingerprint density at radius 3 is 2.75 bits per heavy atom. The molecule has 2 N–H and O–H groups in total. The number of methoxy groups -OCH3 is 2. The second-order valence-corrected chi connectivity index (χ2v) is 5.48. The second-order valence-electron chi connectivity index (χ2n) is 5.48. The van der Waals surface area contributed by atoms with Gasteiger partial charge in [0.15, 0.2) is 5.69 Å². The number of hydrogen-bond donors (Lipinski definition) is 2. The normalized spacial score (nSPS) is 10.6. The van der Waals surface area contributed by atoms with Crippen LogP contribution in [0.3, 0.4) is 0 Å². The Kier molecular flexibility index (Phi) is 4.37. The fourth-order valence-corrected chi connectivity index (χ4v) is 2.56. The predicted molar refractivity (Wildman–Crippen MR) is 91.5 cm³/mol. The molecule has 124 valence electrons. The number of fused-ring (bicyclic) bond motifs is 1. The molecule has 6 nitrogen and oxygen atoms in total. The number of benzene rings is 2. The zero-order chi connectivity index (χ0) is 17.1. The van der Waals surface area contributed by atoms with Crippen LogP contribution in [-0.2, 0) is 6.54 Å². The summed E-state index contributed by atoms with van der Waals surface area (Å²) in [6, 6.07) is 11.3. The lowest BCUT2D eigenvalue weighted by Gasteiger charge is -2.11. The van der Waals surface area contributed by atoms with Gasteiger partial charge in [0.1, 0.15) is 11.5 Å². The van der Waals surface area contributed by atoms with E-state index in [0.717, 1.165) is 22.0 Å². The van der Waals surface area contributed by atoms with Crippen LogP contribution in [0.15, 0.2) is 36.4 Å². The molecule has 0 fully saturated rings. The number of aryl methyl sites for hydroxylation is 1. The highest BCUT2D eigenvalue weighted by atomic mass is 16.5. The van der Waals surface area contributed by atoms with E-state index in [1.807, 2.05) is 37.3 Å². The van der Waals surface area contributed by atoms with E-state index < -0.39 is 0 Å². The fourth-order valence-electron chi connectivity index (χ4n) is 2.56. The molecule has 1 amide bonds. The summed E-state index contributed by atoms with van der Waals surface area (Å²) in [4.78, 5) is 12.5. The first kappa shape index (κ1) is 15.9. The molecule has 0 radical (unpaired) electrons. The van der Waals surface area contributed by atoms with E-state index in [4.69, 9.17) is 9.47 Å². The maximum absolute atomic E-state index is 12.5. The molecule has 6 heteroatoms. The number of nitrogens with zero attached hydrogens (tertiary/aromatic N) is 1. The molecule has 3 aromatic rings. The third-order valence-corrected chi connectivity index (χ3v) is 3.87. The average Bonchev–Trinajstić information content (AvgIpc) is 3.02. The van der Waals surface area contributed by atoms with Crippen molar-refractivity contribution in [3.05, 3.63) is 53.2 Å². The molecule has 1 heterocycles. The molecule has 0 aliphatic rings. The van der Waals surface area contributed by atoms with Crippen molar-refractivity contribution in [3.63, 3.8) is 0 Å². The molecule has 1 aromatic heterocycles. The first-order valence-corrected chi connectivity index (χ1v) is 7.56. The molecule has 0 bridgehead atoms. The highest BCUT2D eigenvalue weighted by Crippen LogP contribution is 2.24. The minimum atomic E-state index is -0.232. The van der Waals surface area contributed by atoms with E-state index in [-0.39, 0.29) is 5.91 Å². The Morgan fingerprint density at radius 2 is 2.00 bits per heavy atom. The van der Waals surface area contributed by atoms with E-state index in [0.29, 0.717) is 23.7 Å². The summed E-state index contributed by atoms with van der Waals surface area (Å²) in [6.45, 7) is 2.32. The zero-order valence-electron chi connectivity index (χ0n) is 13.8. The Hall–Kier alpha value is -3.02. The summed E-state index contributed by atoms with van der Waals surface area (Å²) in [5.41, 5.74) is 3.17. The first-order valence-electron chi connectivity index (χ1n) is 7.56. The maximum atomic E-state index is 12.5. The Balaban J connectivity index is 1.79. The lowest BCUT2D eigenvalue weighted by atomic mass is 10.1. The summed E-state index contributed by atoms with van der Waals surface area (Å²) >= 11 is 0. The quantitative estimate of drug-likeness (QED) is 0.756. The molecule has 2 aromatic carbocycles. The number of rotatable bonds is 5. The SMILES string of the molecule is COc1ccc(CNC(=O)c2n[nH]c3ccc(C)cc23)c(OC)c1. The van der Waals surface area contributed by atoms with Crippen LogP contribution in [0.2, 0.25) is 0 Å². The van der Waals surface area contributed by atoms with Gasteiger partial charge in [0.2, 0.25) is 0 Å². The van der Waals surface area contributed by atoms with E-state index in [1.54, 1.807) is 20.3 Å². The fraction of sp³-hybridized carbons (Fsp3) is 0.222. The van der Waals surface area contributed by atoms with Gasteiger partial charge in [-0.3, -0.25) is 9.89 Å². The van der Waals surface area contributed by atoms with Crippen LogP contribution in [0.4, 0.5) is 0 Å². The minimum absolute atomic E-state index is 0.232. The van der Waals surface area contributed by atoms with Crippen molar-refractivity contribution in [3.8, 4) is 11.5 Å². The highest BCUT2D eigenvalue weighted by Gasteiger charge is 2.15. The van der Waals surface area contributed by atoms with Crippen LogP contribution in [-0.4, -0.2) is 30.3 Å². The number of aromatic amines is 1. The number of hydrogen-bond acceptors (Lipinski definition) is 4. The van der Waals surface area contributed by atoms with Crippen LogP contribution < -0.4 is 14.8 Å². The zero-order valence-corrected chi connectivity index (χ0v) is 13.8. The second kappa shape index (κ2) is 6.62. The summed E-state index contributed by atoms with van der Waals surface area (Å²) in [5, 5.41) is 10.7. The summed E-state index contributed by atoms with van der Waals surface area (Å²) < 4.78 is 10.5. The molecule has 0 aliphatic heterocycles. The number of carbonyl (C=O) groups excluding carboxylic acids is 1. The van der Waals surface area contributed by atoms with Crippen molar-refractivity contribution in [1.29, 1.82) is 0 Å². The number of nitrogens with one attached hydrogen (secondary N) is 2. The van der Waals surface area contributed by atoms with Crippen molar-refractivity contribution < 1.29 is 14.3 Å². The van der Waals surface area contributed by atoms with E-state index in [1.165, 1.54) is 0 Å². The molecule has 0 saturated heterocycles. The molecule has 0 spiro atoms. The third-order valence-electron chi connectivity index (χ3n) is 3.87. The molecular weight excluding hydrogens is 306 g/mol. The predicted octanol–water partition coefficient (Wildman–Crippen LogP) is 2.82. The van der Waals surface area contributed by atoms with Crippen LogP contribution in [0.1, 0.15) is 21.6 Å². The molecule has 0 saturated carbocycles. The highest BCUT2D eigenvalue weighted by molar-refractivity contribution is 6.04. The van der Waals surface area contributed by atoms with Gasteiger partial charge >= 0.3 is 0 Å². The van der Waals surface area contributed by atoms with Gasteiger partial charge in [0.25, 0.3) is 5.91 Å². The Bertz CT molecular complexity index is 886. The van der Waals surface area contributed by atoms with Crippen LogP contribution in [0.25, 0.3) is 10.9 Å². The molecule has 0 atom stereocenters. The summed E-state index contributed by atoms with van der Waals surface area (Å²) in [5.74, 6) is 1.14. The average molecular weight is 325 g/mol.